The summed E-state index contributed by atoms with van der Waals surface area (Å²) in [6.07, 6.45) is 6.74. The van der Waals surface area contributed by atoms with Crippen molar-refractivity contribution in [2.24, 2.45) is 0 Å². The minimum Gasteiger partial charge on any atom is -0.235 e. The van der Waals surface area contributed by atoms with Crippen LogP contribution in [0, 0.1) is 30.8 Å². The third-order valence-corrected chi connectivity index (χ3v) is 9.72. The van der Waals surface area contributed by atoms with Crippen LogP contribution in [0.3, 0.4) is 0 Å². The van der Waals surface area contributed by atoms with E-state index in [1.165, 1.54) is 22.2 Å². The Labute approximate surface area is 221 Å². The monoisotopic (exact) mass is 508 g/mol. The van der Waals surface area contributed by atoms with Crippen molar-refractivity contribution in [1.82, 2.24) is 15.0 Å². The topological polar surface area (TPSA) is 30.7 Å². The smallest absolute Gasteiger partial charge is 0.126 e. The summed E-state index contributed by atoms with van der Waals surface area (Å²) in [5.41, 5.74) is 3.42. The summed E-state index contributed by atoms with van der Waals surface area (Å²) in [5.74, 6) is 1.30. The first-order chi connectivity index (χ1) is 17.4. The first kappa shape index (κ1) is 25.2. The van der Waals surface area contributed by atoms with Crippen LogP contribution in [0.4, 0.5) is 0 Å². The average molecular weight is 509 g/mol. The summed E-state index contributed by atoms with van der Waals surface area (Å²) in [7, 11) is -0.694. The number of hydrogen-bond acceptors (Lipinski definition) is 3. The summed E-state index contributed by atoms with van der Waals surface area (Å²) in [6.45, 7) is 8.98. The molecule has 0 aliphatic heterocycles. The molecule has 0 N–H and O–H groups in total. The zero-order valence-corrected chi connectivity index (χ0v) is 22.9. The van der Waals surface area contributed by atoms with E-state index in [2.05, 4.69) is 142 Å². The summed E-state index contributed by atoms with van der Waals surface area (Å²) < 4.78 is 2.15. The predicted molar refractivity (Wildman–Crippen MR) is 154 cm³/mol. The lowest BCUT2D eigenvalue weighted by Gasteiger charge is -2.33. The van der Waals surface area contributed by atoms with Gasteiger partial charge in [-0.1, -0.05) is 129 Å². The molecule has 4 aromatic rings. The van der Waals surface area contributed by atoms with E-state index in [1.807, 2.05) is 17.8 Å². The number of nitrogens with zero attached hydrogens (tertiary/aromatic N) is 3. The van der Waals surface area contributed by atoms with Crippen LogP contribution in [0.2, 0.25) is 0 Å². The molecule has 3 aromatic carbocycles. The molecule has 5 radical (unpaired) electrons. The minimum atomic E-state index is -0.694. The SMILES string of the molecule is C[C@@H]([C]1[CH][CH][CH][C]1P(c1ccccc1)c1ccccc1)n1nnc(-c2ccccc2)c1SC(C)(C)C. The molecule has 0 bridgehead atoms. The Bertz CT molecular complexity index is 1210. The van der Waals surface area contributed by atoms with Gasteiger partial charge in [-0.05, 0) is 44.7 Å². The maximum atomic E-state index is 4.73. The lowest BCUT2D eigenvalue weighted by Crippen LogP contribution is -2.25. The molecule has 0 amide bonds. The van der Waals surface area contributed by atoms with Gasteiger partial charge in [0.05, 0.1) is 6.04 Å². The van der Waals surface area contributed by atoms with E-state index in [0.29, 0.717) is 0 Å². The van der Waals surface area contributed by atoms with Crippen molar-refractivity contribution < 1.29 is 0 Å². The maximum Gasteiger partial charge on any atom is 0.126 e. The number of benzene rings is 3. The molecule has 5 heteroatoms. The van der Waals surface area contributed by atoms with Gasteiger partial charge in [0, 0.05) is 21.9 Å². The van der Waals surface area contributed by atoms with E-state index < -0.39 is 7.92 Å². The van der Waals surface area contributed by atoms with Gasteiger partial charge in [-0.25, -0.2) is 4.68 Å². The molecule has 0 saturated heterocycles. The molecule has 181 valence electrons. The second-order valence-corrected chi connectivity index (χ2v) is 13.8. The van der Waals surface area contributed by atoms with Gasteiger partial charge in [0.25, 0.3) is 0 Å². The maximum absolute atomic E-state index is 4.73. The first-order valence-electron chi connectivity index (χ1n) is 12.3. The minimum absolute atomic E-state index is 0.0261. The molecule has 0 spiro atoms. The standard InChI is InChI=1S/C31H31N3PS/c1-23(34-30(36-31(2,3)4)29(32-33-34)24-15-8-5-9-16-24)27-21-14-22-28(27)35(25-17-10-6-11-18-25)26-19-12-7-13-20-26/h5-23H,1-4H3/t23-/m0/s1. The normalized spacial score (nSPS) is 16.0. The van der Waals surface area contributed by atoms with Crippen molar-refractivity contribution in [2.75, 3.05) is 0 Å². The molecule has 1 aliphatic carbocycles. The Morgan fingerprint density at radius 3 is 1.89 bits per heavy atom. The van der Waals surface area contributed by atoms with E-state index in [4.69, 9.17) is 5.21 Å². The summed E-state index contributed by atoms with van der Waals surface area (Å²) in [4.78, 5) is 0. The number of hydrogen-bond donors (Lipinski definition) is 0. The quantitative estimate of drug-likeness (QED) is 0.194. The van der Waals surface area contributed by atoms with Crippen LogP contribution >= 0.6 is 19.7 Å². The molecule has 36 heavy (non-hydrogen) atoms. The van der Waals surface area contributed by atoms with E-state index in [9.17, 15) is 0 Å². The summed E-state index contributed by atoms with van der Waals surface area (Å²) >= 11 is 1.83. The third kappa shape index (κ3) is 5.45. The molecule has 1 aliphatic rings. The average Bonchev–Trinajstić information content (AvgIpc) is 3.52. The van der Waals surface area contributed by atoms with Crippen LogP contribution in [0.5, 0.6) is 0 Å². The van der Waals surface area contributed by atoms with Gasteiger partial charge in [0.15, 0.2) is 0 Å². The second-order valence-electron chi connectivity index (χ2n) is 9.82. The Balaban J connectivity index is 1.54. The second kappa shape index (κ2) is 10.9. The zero-order chi connectivity index (χ0) is 25.1. The lowest BCUT2D eigenvalue weighted by atomic mass is 9.99. The fourth-order valence-corrected chi connectivity index (χ4v) is 8.07. The van der Waals surface area contributed by atoms with Crippen LogP contribution in [0.1, 0.15) is 33.7 Å². The Morgan fingerprint density at radius 2 is 1.33 bits per heavy atom. The molecular formula is C31H31N3PS. The van der Waals surface area contributed by atoms with Gasteiger partial charge in [0.1, 0.15) is 10.7 Å². The summed E-state index contributed by atoms with van der Waals surface area (Å²) in [5, 5.41) is 13.2. The van der Waals surface area contributed by atoms with Crippen LogP contribution in [0.25, 0.3) is 11.3 Å². The van der Waals surface area contributed by atoms with Crippen LogP contribution < -0.4 is 10.6 Å². The molecule has 1 heterocycles. The molecular weight excluding hydrogens is 477 g/mol. The number of thioether (sulfide) groups is 1. The fourth-order valence-electron chi connectivity index (χ4n) is 4.40. The Morgan fingerprint density at radius 1 is 0.778 bits per heavy atom. The zero-order valence-electron chi connectivity index (χ0n) is 21.2. The molecule has 1 atom stereocenters. The van der Waals surface area contributed by atoms with E-state index in [-0.39, 0.29) is 10.8 Å². The van der Waals surface area contributed by atoms with E-state index in [1.54, 1.807) is 0 Å². The molecule has 1 saturated carbocycles. The van der Waals surface area contributed by atoms with Gasteiger partial charge in [-0.15, -0.1) is 5.10 Å². The molecule has 1 aromatic heterocycles. The highest BCUT2D eigenvalue weighted by Gasteiger charge is 2.41. The highest BCUT2D eigenvalue weighted by molar-refractivity contribution is 8.00. The highest BCUT2D eigenvalue weighted by Crippen LogP contribution is 2.59. The highest BCUT2D eigenvalue weighted by atomic mass is 32.2. The fraction of sp³-hybridized carbons (Fsp3) is 0.194. The van der Waals surface area contributed by atoms with Gasteiger partial charge in [-0.3, -0.25) is 0 Å². The third-order valence-electron chi connectivity index (χ3n) is 6.01. The number of aromatic nitrogens is 3. The van der Waals surface area contributed by atoms with Gasteiger partial charge in [-0.2, -0.15) is 0 Å². The number of rotatable bonds is 7. The largest absolute Gasteiger partial charge is 0.235 e. The van der Waals surface area contributed by atoms with Crippen molar-refractivity contribution in [3.05, 3.63) is 122 Å². The Hall–Kier alpha value is -2.42. The van der Waals surface area contributed by atoms with Crippen molar-refractivity contribution in [3.63, 3.8) is 0 Å². The van der Waals surface area contributed by atoms with Crippen molar-refractivity contribution in [2.45, 2.75) is 43.5 Å². The first-order valence-corrected chi connectivity index (χ1v) is 14.4. The molecule has 0 unspecified atom stereocenters. The van der Waals surface area contributed by atoms with Crippen molar-refractivity contribution >= 4 is 30.3 Å². The predicted octanol–water partition coefficient (Wildman–Crippen LogP) is 7.26. The molecule has 3 nitrogen and oxygen atoms in total. The Kier molecular flexibility index (Phi) is 7.65. The van der Waals surface area contributed by atoms with Gasteiger partial charge in [0.2, 0.25) is 0 Å². The lowest BCUT2D eigenvalue weighted by molar-refractivity contribution is 0.472. The van der Waals surface area contributed by atoms with Crippen molar-refractivity contribution in [3.8, 4) is 11.3 Å². The van der Waals surface area contributed by atoms with Crippen LogP contribution in [0.15, 0.2) is 96.0 Å². The van der Waals surface area contributed by atoms with Crippen molar-refractivity contribution in [1.29, 1.82) is 0 Å². The van der Waals surface area contributed by atoms with E-state index >= 15 is 0 Å². The molecule has 1 fully saturated rings. The molecule has 5 rings (SSSR count). The van der Waals surface area contributed by atoms with Crippen LogP contribution in [-0.2, 0) is 0 Å². The van der Waals surface area contributed by atoms with Crippen LogP contribution in [-0.4, -0.2) is 19.7 Å². The van der Waals surface area contributed by atoms with E-state index in [0.717, 1.165) is 16.3 Å². The van der Waals surface area contributed by atoms with Gasteiger partial charge < -0.3 is 0 Å². The summed E-state index contributed by atoms with van der Waals surface area (Å²) in [6, 6.07) is 32.2. The van der Waals surface area contributed by atoms with Gasteiger partial charge >= 0.3 is 0 Å².